The van der Waals surface area contributed by atoms with E-state index >= 15 is 0 Å². The molecule has 0 aromatic heterocycles. The number of carboxylic acids is 1. The second-order valence-corrected chi connectivity index (χ2v) is 3.85. The number of hydrogen-bond donors (Lipinski definition) is 2. The Labute approximate surface area is 104 Å². The van der Waals surface area contributed by atoms with Gasteiger partial charge in [0, 0.05) is 6.54 Å². The summed E-state index contributed by atoms with van der Waals surface area (Å²) < 4.78 is 10.5. The number of hydrazone groups is 1. The van der Waals surface area contributed by atoms with Crippen LogP contribution in [0.5, 0.6) is 11.5 Å². The van der Waals surface area contributed by atoms with Crippen molar-refractivity contribution in [2.45, 2.75) is 13.3 Å². The van der Waals surface area contributed by atoms with Crippen molar-refractivity contribution in [3.63, 3.8) is 0 Å². The van der Waals surface area contributed by atoms with Crippen LogP contribution < -0.4 is 14.9 Å². The molecule has 0 saturated heterocycles. The van der Waals surface area contributed by atoms with Gasteiger partial charge in [-0.15, -0.1) is 0 Å². The molecule has 1 aliphatic heterocycles. The highest BCUT2D eigenvalue weighted by Crippen LogP contribution is 2.32. The Kier molecular flexibility index (Phi) is 3.66. The van der Waals surface area contributed by atoms with Gasteiger partial charge in [0.2, 0.25) is 6.79 Å². The molecule has 1 heterocycles. The third kappa shape index (κ3) is 2.91. The molecule has 96 valence electrons. The van der Waals surface area contributed by atoms with Crippen molar-refractivity contribution < 1.29 is 19.4 Å². The Morgan fingerprint density at radius 1 is 1.44 bits per heavy atom. The molecular formula is C12H14N2O4. The Hall–Kier alpha value is -2.24. The number of carbonyl (C=O) groups is 1. The van der Waals surface area contributed by atoms with Crippen LogP contribution in [-0.2, 0) is 11.2 Å². The lowest BCUT2D eigenvalue weighted by atomic mass is 10.1. The normalized spacial score (nSPS) is 13.5. The molecule has 1 aromatic rings. The largest absolute Gasteiger partial charge is 0.477 e. The lowest BCUT2D eigenvalue weighted by molar-refractivity contribution is -0.129. The first kappa shape index (κ1) is 12.2. The maximum Gasteiger partial charge on any atom is 0.351 e. The number of nitrogens with one attached hydrogen (secondary N) is 1. The fraction of sp³-hybridized carbons (Fsp3) is 0.333. The fourth-order valence-electron chi connectivity index (χ4n) is 1.52. The van der Waals surface area contributed by atoms with E-state index in [1.807, 2.05) is 18.2 Å². The van der Waals surface area contributed by atoms with E-state index in [2.05, 4.69) is 10.5 Å². The van der Waals surface area contributed by atoms with E-state index in [1.54, 1.807) is 0 Å². The van der Waals surface area contributed by atoms with Gasteiger partial charge in [-0.1, -0.05) is 6.07 Å². The van der Waals surface area contributed by atoms with Crippen molar-refractivity contribution in [3.05, 3.63) is 23.8 Å². The maximum atomic E-state index is 10.5. The number of rotatable bonds is 5. The Bertz CT molecular complexity index is 485. The van der Waals surface area contributed by atoms with Crippen LogP contribution in [-0.4, -0.2) is 30.1 Å². The highest BCUT2D eigenvalue weighted by molar-refractivity contribution is 6.34. The SMILES string of the molecule is C/C(=N/NCCc1ccc2c(c1)OCO2)C(=O)O. The molecule has 6 heteroatoms. The lowest BCUT2D eigenvalue weighted by Gasteiger charge is -2.03. The van der Waals surface area contributed by atoms with Crippen LogP contribution in [0, 0.1) is 0 Å². The molecule has 0 atom stereocenters. The number of hydrogen-bond acceptors (Lipinski definition) is 5. The quantitative estimate of drug-likeness (QED) is 0.463. The van der Waals surface area contributed by atoms with Gasteiger partial charge >= 0.3 is 5.97 Å². The summed E-state index contributed by atoms with van der Waals surface area (Å²) in [6.45, 7) is 2.26. The third-order valence-electron chi connectivity index (χ3n) is 2.52. The van der Waals surface area contributed by atoms with Crippen LogP contribution in [0.1, 0.15) is 12.5 Å². The summed E-state index contributed by atoms with van der Waals surface area (Å²) in [5.74, 6) is 0.481. The summed E-state index contributed by atoms with van der Waals surface area (Å²) in [6, 6.07) is 5.73. The Morgan fingerprint density at radius 2 is 2.22 bits per heavy atom. The van der Waals surface area contributed by atoms with Crippen molar-refractivity contribution in [3.8, 4) is 11.5 Å². The molecule has 0 amide bonds. The molecule has 0 aliphatic carbocycles. The number of aliphatic carboxylic acids is 1. The molecule has 6 nitrogen and oxygen atoms in total. The molecular weight excluding hydrogens is 236 g/mol. The van der Waals surface area contributed by atoms with Crippen LogP contribution in [0.25, 0.3) is 0 Å². The minimum atomic E-state index is -1.02. The third-order valence-corrected chi connectivity index (χ3v) is 2.52. The van der Waals surface area contributed by atoms with E-state index in [4.69, 9.17) is 14.6 Å². The zero-order valence-corrected chi connectivity index (χ0v) is 9.97. The van der Waals surface area contributed by atoms with Crippen LogP contribution in [0.15, 0.2) is 23.3 Å². The molecule has 0 saturated carbocycles. The fourth-order valence-corrected chi connectivity index (χ4v) is 1.52. The summed E-state index contributed by atoms with van der Waals surface area (Å²) in [4.78, 5) is 10.5. The Balaban J connectivity index is 1.84. The van der Waals surface area contributed by atoms with Gasteiger partial charge in [-0.2, -0.15) is 5.10 Å². The van der Waals surface area contributed by atoms with Crippen LogP contribution in [0.3, 0.4) is 0 Å². The standard InChI is InChI=1S/C12H14N2O4/c1-8(12(15)16)14-13-5-4-9-2-3-10-11(6-9)18-7-17-10/h2-3,6,13H,4-5,7H2,1H3,(H,15,16)/b14-8-. The minimum absolute atomic E-state index is 0.0423. The van der Waals surface area contributed by atoms with Crippen molar-refractivity contribution in [2.24, 2.45) is 5.10 Å². The molecule has 2 N–H and O–H groups in total. The molecule has 2 rings (SSSR count). The number of nitrogens with zero attached hydrogens (tertiary/aromatic N) is 1. The average molecular weight is 250 g/mol. The van der Waals surface area contributed by atoms with Crippen molar-refractivity contribution >= 4 is 11.7 Å². The maximum absolute atomic E-state index is 10.5. The van der Waals surface area contributed by atoms with E-state index in [0.29, 0.717) is 6.54 Å². The van der Waals surface area contributed by atoms with Crippen molar-refractivity contribution in [1.82, 2.24) is 5.43 Å². The molecule has 0 fully saturated rings. The van der Waals surface area contributed by atoms with Gasteiger partial charge in [0.15, 0.2) is 11.5 Å². The predicted octanol–water partition coefficient (Wildman–Crippen LogP) is 1.01. The van der Waals surface area contributed by atoms with Gasteiger partial charge in [-0.3, -0.25) is 0 Å². The summed E-state index contributed by atoms with van der Waals surface area (Å²) in [7, 11) is 0. The summed E-state index contributed by atoms with van der Waals surface area (Å²) in [5.41, 5.74) is 3.84. The van der Waals surface area contributed by atoms with Crippen molar-refractivity contribution in [2.75, 3.05) is 13.3 Å². The first-order chi connectivity index (χ1) is 8.66. The van der Waals surface area contributed by atoms with Gasteiger partial charge in [-0.25, -0.2) is 4.79 Å². The average Bonchev–Trinajstić information content (AvgIpc) is 2.81. The number of fused-ring (bicyclic) bond motifs is 1. The second-order valence-electron chi connectivity index (χ2n) is 3.85. The lowest BCUT2D eigenvalue weighted by Crippen LogP contribution is -2.17. The predicted molar refractivity (Wildman–Crippen MR) is 65.0 cm³/mol. The molecule has 1 aromatic carbocycles. The minimum Gasteiger partial charge on any atom is -0.477 e. The topological polar surface area (TPSA) is 80.2 Å². The van der Waals surface area contributed by atoms with E-state index in [0.717, 1.165) is 23.5 Å². The molecule has 1 aliphatic rings. The van der Waals surface area contributed by atoms with Crippen LogP contribution in [0.2, 0.25) is 0 Å². The van der Waals surface area contributed by atoms with Gasteiger partial charge in [0.25, 0.3) is 0 Å². The van der Waals surface area contributed by atoms with Crippen molar-refractivity contribution in [1.29, 1.82) is 0 Å². The van der Waals surface area contributed by atoms with Gasteiger partial charge in [0.05, 0.1) is 0 Å². The zero-order valence-electron chi connectivity index (χ0n) is 9.97. The number of carboxylic acid groups (broad SMARTS) is 1. The smallest absolute Gasteiger partial charge is 0.351 e. The first-order valence-electron chi connectivity index (χ1n) is 5.56. The van der Waals surface area contributed by atoms with Crippen LogP contribution >= 0.6 is 0 Å². The van der Waals surface area contributed by atoms with Gasteiger partial charge in [0.1, 0.15) is 5.71 Å². The molecule has 18 heavy (non-hydrogen) atoms. The van der Waals surface area contributed by atoms with E-state index in [9.17, 15) is 4.79 Å². The van der Waals surface area contributed by atoms with E-state index in [-0.39, 0.29) is 12.5 Å². The highest BCUT2D eigenvalue weighted by atomic mass is 16.7. The highest BCUT2D eigenvalue weighted by Gasteiger charge is 2.12. The Morgan fingerprint density at radius 3 is 3.00 bits per heavy atom. The zero-order chi connectivity index (χ0) is 13.0. The summed E-state index contributed by atoms with van der Waals surface area (Å²) >= 11 is 0. The summed E-state index contributed by atoms with van der Waals surface area (Å²) in [6.07, 6.45) is 0.729. The molecule has 0 spiro atoms. The number of benzene rings is 1. The molecule has 0 radical (unpaired) electrons. The van der Waals surface area contributed by atoms with E-state index in [1.165, 1.54) is 6.92 Å². The summed E-state index contributed by atoms with van der Waals surface area (Å²) in [5, 5.41) is 12.3. The molecule has 0 unspecified atom stereocenters. The van der Waals surface area contributed by atoms with E-state index < -0.39 is 5.97 Å². The van der Waals surface area contributed by atoms with Gasteiger partial charge in [-0.05, 0) is 31.0 Å². The molecule has 0 bridgehead atoms. The first-order valence-corrected chi connectivity index (χ1v) is 5.56. The second kappa shape index (κ2) is 5.39. The van der Waals surface area contributed by atoms with Crippen LogP contribution in [0.4, 0.5) is 0 Å². The monoisotopic (exact) mass is 250 g/mol. The van der Waals surface area contributed by atoms with Gasteiger partial charge < -0.3 is 20.0 Å². The number of ether oxygens (including phenoxy) is 2.